The molecule has 0 aliphatic carbocycles. The predicted molar refractivity (Wildman–Crippen MR) is 79.7 cm³/mol. The van der Waals surface area contributed by atoms with Gasteiger partial charge in [0.1, 0.15) is 0 Å². The number of hydrogen-bond acceptors (Lipinski definition) is 2. The van der Waals surface area contributed by atoms with E-state index >= 15 is 0 Å². The monoisotopic (exact) mass is 260 g/mol. The maximum atomic E-state index is 12.2. The zero-order valence-electron chi connectivity index (χ0n) is 12.6. The van der Waals surface area contributed by atoms with Crippen LogP contribution in [0.25, 0.3) is 0 Å². The Labute approximate surface area is 116 Å². The van der Waals surface area contributed by atoms with E-state index in [0.717, 1.165) is 24.2 Å². The molecule has 19 heavy (non-hydrogen) atoms. The highest BCUT2D eigenvalue weighted by Gasteiger charge is 2.42. The van der Waals surface area contributed by atoms with Gasteiger partial charge in [-0.15, -0.1) is 0 Å². The summed E-state index contributed by atoms with van der Waals surface area (Å²) in [5.74, 6) is 0.181. The Morgan fingerprint density at radius 1 is 1.32 bits per heavy atom. The van der Waals surface area contributed by atoms with Gasteiger partial charge >= 0.3 is 0 Å². The zero-order chi connectivity index (χ0) is 14.2. The first-order chi connectivity index (χ1) is 8.84. The van der Waals surface area contributed by atoms with E-state index in [9.17, 15) is 4.79 Å². The molecule has 0 radical (unpaired) electrons. The van der Waals surface area contributed by atoms with Gasteiger partial charge in [-0.1, -0.05) is 26.0 Å². The fraction of sp³-hybridized carbons (Fsp3) is 0.562. The van der Waals surface area contributed by atoms with Gasteiger partial charge in [-0.3, -0.25) is 4.79 Å². The second-order valence-corrected chi connectivity index (χ2v) is 6.20. The van der Waals surface area contributed by atoms with Crippen LogP contribution in [0.1, 0.15) is 38.8 Å². The van der Waals surface area contributed by atoms with Gasteiger partial charge in [0.15, 0.2) is 0 Å². The third kappa shape index (κ3) is 2.52. The fourth-order valence-corrected chi connectivity index (χ4v) is 2.68. The smallest absolute Gasteiger partial charge is 0.236 e. The van der Waals surface area contributed by atoms with E-state index < -0.39 is 5.41 Å². The van der Waals surface area contributed by atoms with E-state index in [2.05, 4.69) is 37.4 Å². The summed E-state index contributed by atoms with van der Waals surface area (Å²) in [6.45, 7) is 9.29. The van der Waals surface area contributed by atoms with E-state index in [0.29, 0.717) is 6.04 Å². The first kappa shape index (κ1) is 14.1. The molecule has 3 heteroatoms. The molecule has 0 saturated carbocycles. The molecule has 1 aromatic carbocycles. The van der Waals surface area contributed by atoms with Crippen LogP contribution in [-0.2, 0) is 16.6 Å². The van der Waals surface area contributed by atoms with Crippen LogP contribution in [0, 0.1) is 0 Å². The van der Waals surface area contributed by atoms with Crippen LogP contribution in [0.15, 0.2) is 18.2 Å². The maximum Gasteiger partial charge on any atom is 0.236 e. The number of fused-ring (bicyclic) bond motifs is 1. The molecule has 1 amide bonds. The molecule has 0 atom stereocenters. The Morgan fingerprint density at radius 3 is 2.63 bits per heavy atom. The van der Waals surface area contributed by atoms with Crippen molar-refractivity contribution in [1.29, 1.82) is 0 Å². The first-order valence-corrected chi connectivity index (χ1v) is 6.99. The normalized spacial score (nSPS) is 17.2. The molecule has 3 nitrogen and oxygen atoms in total. The van der Waals surface area contributed by atoms with Crippen molar-refractivity contribution >= 4 is 11.6 Å². The molecule has 0 aromatic heterocycles. The maximum absolute atomic E-state index is 12.2. The van der Waals surface area contributed by atoms with Crippen LogP contribution < -0.4 is 10.2 Å². The summed E-state index contributed by atoms with van der Waals surface area (Å²) in [6, 6.07) is 6.91. The van der Waals surface area contributed by atoms with Gasteiger partial charge in [-0.05, 0) is 44.0 Å². The lowest BCUT2D eigenvalue weighted by Gasteiger charge is -2.17. The molecule has 0 saturated heterocycles. The van der Waals surface area contributed by atoms with Gasteiger partial charge in [0.25, 0.3) is 0 Å². The lowest BCUT2D eigenvalue weighted by Crippen LogP contribution is -2.33. The number of carbonyl (C=O) groups is 1. The van der Waals surface area contributed by atoms with Crippen molar-refractivity contribution in [3.63, 3.8) is 0 Å². The second kappa shape index (κ2) is 4.97. The highest BCUT2D eigenvalue weighted by Crippen LogP contribution is 2.40. The van der Waals surface area contributed by atoms with Crippen molar-refractivity contribution in [2.75, 3.05) is 18.5 Å². The number of anilines is 1. The minimum absolute atomic E-state index is 0.181. The van der Waals surface area contributed by atoms with Gasteiger partial charge in [-0.25, -0.2) is 0 Å². The number of nitrogens with one attached hydrogen (secondary N) is 1. The third-order valence-corrected chi connectivity index (χ3v) is 3.90. The topological polar surface area (TPSA) is 32.3 Å². The van der Waals surface area contributed by atoms with E-state index in [1.54, 1.807) is 4.90 Å². The first-order valence-electron chi connectivity index (χ1n) is 6.99. The molecule has 1 aliphatic heterocycles. The zero-order valence-corrected chi connectivity index (χ0v) is 12.6. The molecule has 0 bridgehead atoms. The number of hydrogen-bond donors (Lipinski definition) is 1. The van der Waals surface area contributed by atoms with Gasteiger partial charge in [0.2, 0.25) is 5.91 Å². The Morgan fingerprint density at radius 2 is 2.00 bits per heavy atom. The quantitative estimate of drug-likeness (QED) is 0.902. The van der Waals surface area contributed by atoms with Crippen LogP contribution in [0.4, 0.5) is 5.69 Å². The average molecular weight is 260 g/mol. The van der Waals surface area contributed by atoms with E-state index in [1.807, 2.05) is 20.9 Å². The number of rotatable bonds is 4. The molecule has 0 unspecified atom stereocenters. The Balaban J connectivity index is 2.21. The molecule has 1 aromatic rings. The van der Waals surface area contributed by atoms with Gasteiger partial charge < -0.3 is 10.2 Å². The summed E-state index contributed by atoms with van der Waals surface area (Å²) < 4.78 is 0. The fourth-order valence-electron chi connectivity index (χ4n) is 2.68. The van der Waals surface area contributed by atoms with E-state index in [4.69, 9.17) is 0 Å². The van der Waals surface area contributed by atoms with Crippen molar-refractivity contribution < 1.29 is 4.79 Å². The largest absolute Gasteiger partial charge is 0.314 e. The summed E-state index contributed by atoms with van der Waals surface area (Å²) in [5, 5.41) is 3.42. The van der Waals surface area contributed by atoms with Crippen LogP contribution >= 0.6 is 0 Å². The Hall–Kier alpha value is -1.35. The predicted octanol–water partition coefficient (Wildman–Crippen LogP) is 2.48. The van der Waals surface area contributed by atoms with Crippen LogP contribution in [0.2, 0.25) is 0 Å². The summed E-state index contributed by atoms with van der Waals surface area (Å²) in [5.41, 5.74) is 3.10. The number of nitrogens with zero attached hydrogens (tertiary/aromatic N) is 1. The third-order valence-electron chi connectivity index (χ3n) is 3.90. The molecular weight excluding hydrogens is 236 g/mol. The van der Waals surface area contributed by atoms with Crippen LogP contribution in [0.5, 0.6) is 0 Å². The summed E-state index contributed by atoms with van der Waals surface area (Å²) in [7, 11) is 1.86. The number of amides is 1. The summed E-state index contributed by atoms with van der Waals surface area (Å²) >= 11 is 0. The average Bonchev–Trinajstić information content (AvgIpc) is 2.51. The number of likely N-dealkylation sites (N-methyl/N-ethyl adjacent to an activating group) is 1. The molecule has 1 heterocycles. The molecule has 104 valence electrons. The van der Waals surface area contributed by atoms with Gasteiger partial charge in [0.05, 0.1) is 5.41 Å². The molecule has 0 spiro atoms. The number of benzene rings is 1. The lowest BCUT2D eigenvalue weighted by atomic mass is 9.85. The van der Waals surface area contributed by atoms with Crippen LogP contribution in [-0.4, -0.2) is 25.5 Å². The minimum Gasteiger partial charge on any atom is -0.314 e. The van der Waals surface area contributed by atoms with Crippen molar-refractivity contribution in [1.82, 2.24) is 5.32 Å². The minimum atomic E-state index is -0.397. The molecule has 1 aliphatic rings. The van der Waals surface area contributed by atoms with Crippen molar-refractivity contribution in [3.05, 3.63) is 29.3 Å². The standard InChI is InChI=1S/C16H24N2O/c1-11(2)17-9-8-12-6-7-14-13(10-12)16(3,4)15(19)18(14)5/h6-7,10-11,17H,8-9H2,1-5H3. The summed E-state index contributed by atoms with van der Waals surface area (Å²) in [6.07, 6.45) is 0.999. The molecule has 2 rings (SSSR count). The van der Waals surface area contributed by atoms with Gasteiger partial charge in [0, 0.05) is 18.8 Å². The molecule has 1 N–H and O–H groups in total. The second-order valence-electron chi connectivity index (χ2n) is 6.20. The van der Waals surface area contributed by atoms with Crippen molar-refractivity contribution in [3.8, 4) is 0 Å². The SMILES string of the molecule is CC(C)NCCc1ccc2c(c1)C(C)(C)C(=O)N2C. The van der Waals surface area contributed by atoms with Crippen molar-refractivity contribution in [2.45, 2.75) is 45.6 Å². The Kier molecular flexibility index (Phi) is 3.68. The Bertz CT molecular complexity index is 492. The van der Waals surface area contributed by atoms with E-state index in [-0.39, 0.29) is 5.91 Å². The highest BCUT2D eigenvalue weighted by molar-refractivity contribution is 6.07. The van der Waals surface area contributed by atoms with Crippen LogP contribution in [0.3, 0.4) is 0 Å². The molecule has 0 fully saturated rings. The van der Waals surface area contributed by atoms with Gasteiger partial charge in [-0.2, -0.15) is 0 Å². The lowest BCUT2D eigenvalue weighted by molar-refractivity contribution is -0.121. The van der Waals surface area contributed by atoms with Crippen molar-refractivity contribution in [2.24, 2.45) is 0 Å². The number of carbonyl (C=O) groups excluding carboxylic acids is 1. The highest BCUT2D eigenvalue weighted by atomic mass is 16.2. The molecular formula is C16H24N2O. The van der Waals surface area contributed by atoms with E-state index in [1.165, 1.54) is 5.56 Å². The summed E-state index contributed by atoms with van der Waals surface area (Å²) in [4.78, 5) is 14.0.